The molecule has 0 saturated carbocycles. The number of sulfone groups is 1. The van der Waals surface area contributed by atoms with Gasteiger partial charge in [-0.25, -0.2) is 8.42 Å². The molecule has 1 saturated heterocycles. The summed E-state index contributed by atoms with van der Waals surface area (Å²) in [5.41, 5.74) is 0.896. The summed E-state index contributed by atoms with van der Waals surface area (Å²) in [7, 11) is -3.10. The Morgan fingerprint density at radius 1 is 1.04 bits per heavy atom. The van der Waals surface area contributed by atoms with Crippen LogP contribution in [0.2, 0.25) is 0 Å². The standard InChI is InChI=1S/C19H21NO3S/c1-19(12-13-24(22,23)15-19)20(14-16-8-4-2-5-9-16)18(21)17-10-6-3-7-11-17/h2-11H,12-15H2,1H3. The molecule has 126 valence electrons. The number of carbonyl (C=O) groups excluding carboxylic acids is 1. The van der Waals surface area contributed by atoms with Crippen LogP contribution in [0, 0.1) is 0 Å². The summed E-state index contributed by atoms with van der Waals surface area (Å²) in [5, 5.41) is 0. The molecule has 5 heteroatoms. The fraction of sp³-hybridized carbons (Fsp3) is 0.316. The predicted molar refractivity (Wildman–Crippen MR) is 94.4 cm³/mol. The molecular formula is C19H21NO3S. The van der Waals surface area contributed by atoms with Crippen LogP contribution < -0.4 is 0 Å². The van der Waals surface area contributed by atoms with Crippen LogP contribution in [0.4, 0.5) is 0 Å². The van der Waals surface area contributed by atoms with E-state index >= 15 is 0 Å². The van der Waals surface area contributed by atoms with Crippen LogP contribution in [0.15, 0.2) is 60.7 Å². The summed E-state index contributed by atoms with van der Waals surface area (Å²) in [6.45, 7) is 2.28. The second-order valence-electron chi connectivity index (χ2n) is 6.58. The molecule has 1 unspecified atom stereocenters. The first-order valence-electron chi connectivity index (χ1n) is 8.01. The number of hydrogen-bond acceptors (Lipinski definition) is 3. The van der Waals surface area contributed by atoms with Gasteiger partial charge in [0.25, 0.3) is 5.91 Å². The highest BCUT2D eigenvalue weighted by atomic mass is 32.2. The van der Waals surface area contributed by atoms with Crippen LogP contribution in [0.5, 0.6) is 0 Å². The molecule has 2 aromatic rings. The molecule has 1 amide bonds. The molecule has 0 bridgehead atoms. The fourth-order valence-electron chi connectivity index (χ4n) is 3.22. The Kier molecular flexibility index (Phi) is 4.45. The van der Waals surface area contributed by atoms with E-state index in [1.54, 1.807) is 17.0 Å². The van der Waals surface area contributed by atoms with Crippen LogP contribution in [0.3, 0.4) is 0 Å². The monoisotopic (exact) mass is 343 g/mol. The molecule has 0 radical (unpaired) electrons. The zero-order valence-electron chi connectivity index (χ0n) is 13.7. The molecule has 1 fully saturated rings. The number of amides is 1. The highest BCUT2D eigenvalue weighted by molar-refractivity contribution is 7.91. The third kappa shape index (κ3) is 3.51. The Morgan fingerprint density at radius 3 is 2.17 bits per heavy atom. The van der Waals surface area contributed by atoms with Gasteiger partial charge in [0.15, 0.2) is 9.84 Å². The van der Waals surface area contributed by atoms with E-state index in [0.717, 1.165) is 5.56 Å². The zero-order chi connectivity index (χ0) is 17.2. The average Bonchev–Trinajstić information content (AvgIpc) is 2.88. The molecule has 4 nitrogen and oxygen atoms in total. The molecule has 1 aliphatic heterocycles. The molecule has 1 atom stereocenters. The summed E-state index contributed by atoms with van der Waals surface area (Å²) in [6.07, 6.45) is 0.473. The maximum Gasteiger partial charge on any atom is 0.254 e. The van der Waals surface area contributed by atoms with Crippen molar-refractivity contribution in [1.29, 1.82) is 0 Å². The van der Waals surface area contributed by atoms with Crippen molar-refractivity contribution in [3.05, 3.63) is 71.8 Å². The van der Waals surface area contributed by atoms with Gasteiger partial charge in [-0.3, -0.25) is 4.79 Å². The first-order chi connectivity index (χ1) is 11.4. The second kappa shape index (κ2) is 6.40. The van der Waals surface area contributed by atoms with Crippen molar-refractivity contribution in [2.75, 3.05) is 11.5 Å². The minimum Gasteiger partial charge on any atom is -0.328 e. The Balaban J connectivity index is 1.96. The normalized spacial score (nSPS) is 22.2. The van der Waals surface area contributed by atoms with Crippen LogP contribution in [0.1, 0.15) is 29.3 Å². The lowest BCUT2D eigenvalue weighted by Crippen LogP contribution is -2.50. The molecule has 24 heavy (non-hydrogen) atoms. The van der Waals surface area contributed by atoms with Crippen molar-refractivity contribution >= 4 is 15.7 Å². The fourth-order valence-corrected chi connectivity index (χ4v) is 5.36. The van der Waals surface area contributed by atoms with Crippen molar-refractivity contribution in [1.82, 2.24) is 4.90 Å². The number of nitrogens with zero attached hydrogens (tertiary/aromatic N) is 1. The second-order valence-corrected chi connectivity index (χ2v) is 8.77. The lowest BCUT2D eigenvalue weighted by molar-refractivity contribution is 0.0536. The van der Waals surface area contributed by atoms with E-state index in [1.165, 1.54) is 0 Å². The molecule has 0 aromatic heterocycles. The largest absolute Gasteiger partial charge is 0.328 e. The predicted octanol–water partition coefficient (Wildman–Crippen LogP) is 2.91. The summed E-state index contributed by atoms with van der Waals surface area (Å²) >= 11 is 0. The summed E-state index contributed by atoms with van der Waals surface area (Å²) in [5.74, 6) is 0.0291. The third-order valence-electron chi connectivity index (χ3n) is 4.58. The smallest absolute Gasteiger partial charge is 0.254 e. The number of hydrogen-bond donors (Lipinski definition) is 0. The Morgan fingerprint density at radius 2 is 1.62 bits per heavy atom. The molecule has 1 heterocycles. The maximum atomic E-state index is 13.1. The molecule has 0 N–H and O–H groups in total. The third-order valence-corrected chi connectivity index (χ3v) is 6.47. The molecule has 2 aromatic carbocycles. The van der Waals surface area contributed by atoms with Gasteiger partial charge in [0, 0.05) is 12.1 Å². The Bertz CT molecular complexity index is 818. The minimum atomic E-state index is -3.10. The van der Waals surface area contributed by atoms with E-state index in [0.29, 0.717) is 18.5 Å². The van der Waals surface area contributed by atoms with E-state index in [9.17, 15) is 13.2 Å². The van der Waals surface area contributed by atoms with Gasteiger partial charge in [-0.05, 0) is 31.0 Å². The van der Waals surface area contributed by atoms with E-state index in [1.807, 2.05) is 55.5 Å². The van der Waals surface area contributed by atoms with E-state index < -0.39 is 15.4 Å². The summed E-state index contributed by atoms with van der Waals surface area (Å²) in [4.78, 5) is 14.8. The highest BCUT2D eigenvalue weighted by Gasteiger charge is 2.45. The van der Waals surface area contributed by atoms with Gasteiger partial charge in [-0.2, -0.15) is 0 Å². The summed E-state index contributed by atoms with van der Waals surface area (Å²) in [6, 6.07) is 18.7. The number of carbonyl (C=O) groups is 1. The molecule has 0 spiro atoms. The van der Waals surface area contributed by atoms with Crippen LogP contribution in [-0.4, -0.2) is 36.3 Å². The van der Waals surface area contributed by atoms with Crippen molar-refractivity contribution in [3.8, 4) is 0 Å². The Hall–Kier alpha value is -2.14. The molecule has 3 rings (SSSR count). The molecule has 1 aliphatic rings. The van der Waals surface area contributed by atoms with Crippen LogP contribution in [0.25, 0.3) is 0 Å². The van der Waals surface area contributed by atoms with Gasteiger partial charge in [0.2, 0.25) is 0 Å². The molecular weight excluding hydrogens is 322 g/mol. The zero-order valence-corrected chi connectivity index (χ0v) is 14.5. The van der Waals surface area contributed by atoms with E-state index in [2.05, 4.69) is 0 Å². The first-order valence-corrected chi connectivity index (χ1v) is 9.83. The number of rotatable bonds is 4. The number of benzene rings is 2. The van der Waals surface area contributed by atoms with Crippen molar-refractivity contribution in [3.63, 3.8) is 0 Å². The maximum absolute atomic E-state index is 13.1. The van der Waals surface area contributed by atoms with Crippen molar-refractivity contribution in [2.45, 2.75) is 25.4 Å². The average molecular weight is 343 g/mol. The van der Waals surface area contributed by atoms with Gasteiger partial charge in [-0.15, -0.1) is 0 Å². The topological polar surface area (TPSA) is 54.5 Å². The van der Waals surface area contributed by atoms with Gasteiger partial charge in [0.1, 0.15) is 0 Å². The van der Waals surface area contributed by atoms with Crippen molar-refractivity contribution < 1.29 is 13.2 Å². The minimum absolute atomic E-state index is 0.0193. The van der Waals surface area contributed by atoms with E-state index in [4.69, 9.17) is 0 Å². The summed E-state index contributed by atoms with van der Waals surface area (Å²) < 4.78 is 24.0. The van der Waals surface area contributed by atoms with Crippen molar-refractivity contribution in [2.24, 2.45) is 0 Å². The molecule has 0 aliphatic carbocycles. The van der Waals surface area contributed by atoms with Crippen LogP contribution >= 0.6 is 0 Å². The van der Waals surface area contributed by atoms with Gasteiger partial charge >= 0.3 is 0 Å². The van der Waals surface area contributed by atoms with Gasteiger partial charge in [-0.1, -0.05) is 48.5 Å². The quantitative estimate of drug-likeness (QED) is 0.858. The van der Waals surface area contributed by atoms with Gasteiger partial charge < -0.3 is 4.90 Å². The Labute approximate surface area is 143 Å². The first kappa shape index (κ1) is 16.7. The van der Waals surface area contributed by atoms with Crippen LogP contribution in [-0.2, 0) is 16.4 Å². The van der Waals surface area contributed by atoms with E-state index in [-0.39, 0.29) is 17.4 Å². The van der Waals surface area contributed by atoms with Gasteiger partial charge in [0.05, 0.1) is 17.0 Å². The SMILES string of the molecule is CC1(N(Cc2ccccc2)C(=O)c2ccccc2)CCS(=O)(=O)C1. The highest BCUT2D eigenvalue weighted by Crippen LogP contribution is 2.32. The lowest BCUT2D eigenvalue weighted by Gasteiger charge is -2.38. The lowest BCUT2D eigenvalue weighted by atomic mass is 9.96.